The van der Waals surface area contributed by atoms with Gasteiger partial charge in [0.15, 0.2) is 0 Å². The molecule has 4 heteroatoms. The highest BCUT2D eigenvalue weighted by Crippen LogP contribution is 2.23. The van der Waals surface area contributed by atoms with Crippen LogP contribution in [0.1, 0.15) is 45.5 Å². The van der Waals surface area contributed by atoms with E-state index in [0.717, 1.165) is 41.2 Å². The van der Waals surface area contributed by atoms with Gasteiger partial charge < -0.3 is 0 Å². The minimum Gasteiger partial charge on any atom is -0.262 e. The normalized spacial score (nSPS) is 10.5. The Hall–Kier alpha value is -2.10. The van der Waals surface area contributed by atoms with Gasteiger partial charge in [-0.1, -0.05) is 33.1 Å². The first-order valence-corrected chi connectivity index (χ1v) is 7.22. The van der Waals surface area contributed by atoms with Gasteiger partial charge in [0, 0.05) is 18.5 Å². The smallest absolute Gasteiger partial charge is 0.110 e. The summed E-state index contributed by atoms with van der Waals surface area (Å²) >= 11 is 0. The molecule has 0 N–H and O–H groups in total. The number of hydrogen-bond acceptors (Lipinski definition) is 3. The van der Waals surface area contributed by atoms with E-state index in [-0.39, 0.29) is 6.04 Å². The molecule has 1 heterocycles. The van der Waals surface area contributed by atoms with Crippen LogP contribution in [0.5, 0.6) is 0 Å². The highest BCUT2D eigenvalue weighted by Gasteiger charge is 2.17. The number of nitrogens with zero attached hydrogens (tertiary/aromatic N) is 4. The molecule has 0 atom stereocenters. The zero-order valence-electron chi connectivity index (χ0n) is 13.7. The molecule has 0 aliphatic rings. The molecule has 0 radical (unpaired) electrons. The lowest BCUT2D eigenvalue weighted by molar-refractivity contribution is 0.350. The Kier molecular flexibility index (Phi) is 5.70. The molecule has 1 rings (SSSR count). The van der Waals surface area contributed by atoms with Crippen molar-refractivity contribution in [3.8, 4) is 0 Å². The van der Waals surface area contributed by atoms with Crippen LogP contribution in [0.2, 0.25) is 0 Å². The van der Waals surface area contributed by atoms with E-state index in [0.29, 0.717) is 0 Å². The number of hydrogen-bond donors (Lipinski definition) is 0. The van der Waals surface area contributed by atoms with Crippen LogP contribution >= 0.6 is 0 Å². The van der Waals surface area contributed by atoms with Crippen molar-refractivity contribution in [2.45, 2.75) is 46.6 Å². The molecule has 0 aliphatic carbocycles. The quantitative estimate of drug-likeness (QED) is 0.408. The second-order valence-corrected chi connectivity index (χ2v) is 5.44. The zero-order valence-corrected chi connectivity index (χ0v) is 13.7. The third-order valence-electron chi connectivity index (χ3n) is 3.25. The molecule has 0 aromatic carbocycles. The van der Waals surface area contributed by atoms with Crippen molar-refractivity contribution in [3.05, 3.63) is 42.8 Å². The standard InChI is InChI=1S/C17H26N4/c1-9-10-16-11-17(15(7)20(18-8)13(4)5)19-21(16)14(6)12(2)3/h11,13H,2,6-10H2,1,3-5H3. The summed E-state index contributed by atoms with van der Waals surface area (Å²) in [6.45, 7) is 23.9. The van der Waals surface area contributed by atoms with Crippen molar-refractivity contribution in [1.29, 1.82) is 0 Å². The summed E-state index contributed by atoms with van der Waals surface area (Å²) in [5, 5.41) is 10.4. The van der Waals surface area contributed by atoms with Crippen molar-refractivity contribution in [1.82, 2.24) is 14.8 Å². The molecule has 0 spiro atoms. The van der Waals surface area contributed by atoms with Crippen molar-refractivity contribution >= 4 is 18.1 Å². The first kappa shape index (κ1) is 17.0. The van der Waals surface area contributed by atoms with Crippen molar-refractivity contribution in [2.24, 2.45) is 5.10 Å². The molecule has 4 nitrogen and oxygen atoms in total. The van der Waals surface area contributed by atoms with Crippen LogP contribution < -0.4 is 0 Å². The van der Waals surface area contributed by atoms with Crippen LogP contribution in [-0.2, 0) is 6.42 Å². The van der Waals surface area contributed by atoms with Crippen LogP contribution in [0.15, 0.2) is 36.5 Å². The van der Waals surface area contributed by atoms with Gasteiger partial charge in [0.2, 0.25) is 0 Å². The molecule has 0 fully saturated rings. The molecule has 0 amide bonds. The maximum absolute atomic E-state index is 4.63. The molecule has 1 aromatic rings. The summed E-state index contributed by atoms with van der Waals surface area (Å²) in [5.74, 6) is 0. The molecule has 114 valence electrons. The summed E-state index contributed by atoms with van der Waals surface area (Å²) in [4.78, 5) is 0. The number of aromatic nitrogens is 2. The summed E-state index contributed by atoms with van der Waals surface area (Å²) in [6.07, 6.45) is 1.96. The van der Waals surface area contributed by atoms with Crippen LogP contribution in [0.3, 0.4) is 0 Å². The highest BCUT2D eigenvalue weighted by atomic mass is 15.5. The second kappa shape index (κ2) is 7.07. The molecular formula is C17H26N4. The summed E-state index contributed by atoms with van der Waals surface area (Å²) in [6, 6.07) is 2.22. The van der Waals surface area contributed by atoms with Crippen molar-refractivity contribution in [2.75, 3.05) is 0 Å². The molecular weight excluding hydrogens is 260 g/mol. The first-order chi connectivity index (χ1) is 9.83. The number of rotatable bonds is 8. The SMILES string of the molecule is C=NN(C(=C)c1cc(CCC)n(C(=C)C(=C)C)n1)C(C)C. The van der Waals surface area contributed by atoms with Gasteiger partial charge in [0.1, 0.15) is 5.69 Å². The maximum atomic E-state index is 4.63. The Morgan fingerprint density at radius 3 is 2.43 bits per heavy atom. The lowest BCUT2D eigenvalue weighted by Gasteiger charge is -2.23. The number of hydrazone groups is 1. The van der Waals surface area contributed by atoms with E-state index in [1.165, 1.54) is 0 Å². The second-order valence-electron chi connectivity index (χ2n) is 5.44. The molecule has 1 aromatic heterocycles. The van der Waals surface area contributed by atoms with Crippen molar-refractivity contribution < 1.29 is 0 Å². The fourth-order valence-corrected chi connectivity index (χ4v) is 2.09. The zero-order chi connectivity index (χ0) is 16.2. The summed E-state index contributed by atoms with van der Waals surface area (Å²) in [5.41, 5.74) is 4.34. The molecule has 0 bridgehead atoms. The Labute approximate surface area is 128 Å². The Bertz CT molecular complexity index is 563. The van der Waals surface area contributed by atoms with Gasteiger partial charge in [-0.2, -0.15) is 10.2 Å². The largest absolute Gasteiger partial charge is 0.262 e. The lowest BCUT2D eigenvalue weighted by atomic mass is 10.2. The average Bonchev–Trinajstić information content (AvgIpc) is 2.82. The van der Waals surface area contributed by atoms with E-state index in [9.17, 15) is 0 Å². The minimum absolute atomic E-state index is 0.180. The molecule has 0 aliphatic heterocycles. The van der Waals surface area contributed by atoms with E-state index in [4.69, 9.17) is 0 Å². The van der Waals surface area contributed by atoms with Gasteiger partial charge in [-0.25, -0.2) is 4.68 Å². The number of allylic oxidation sites excluding steroid dienone is 2. The predicted molar refractivity (Wildman–Crippen MR) is 91.9 cm³/mol. The lowest BCUT2D eigenvalue weighted by Crippen LogP contribution is -2.23. The van der Waals surface area contributed by atoms with Gasteiger partial charge >= 0.3 is 0 Å². The molecule has 0 saturated carbocycles. The third-order valence-corrected chi connectivity index (χ3v) is 3.25. The first-order valence-electron chi connectivity index (χ1n) is 7.22. The fraction of sp³-hybridized carbons (Fsp3) is 0.412. The van der Waals surface area contributed by atoms with Gasteiger partial charge in [-0.05, 0) is 38.8 Å². The number of aryl methyl sites for hydroxylation is 1. The third kappa shape index (κ3) is 3.72. The van der Waals surface area contributed by atoms with Gasteiger partial charge in [0.25, 0.3) is 0 Å². The van der Waals surface area contributed by atoms with E-state index < -0.39 is 0 Å². The van der Waals surface area contributed by atoms with Crippen LogP contribution in [-0.4, -0.2) is 27.5 Å². The monoisotopic (exact) mass is 286 g/mol. The Morgan fingerprint density at radius 1 is 1.38 bits per heavy atom. The van der Waals surface area contributed by atoms with E-state index >= 15 is 0 Å². The molecule has 0 unspecified atom stereocenters. The molecule has 21 heavy (non-hydrogen) atoms. The van der Waals surface area contributed by atoms with Crippen LogP contribution in [0.25, 0.3) is 11.4 Å². The Morgan fingerprint density at radius 2 is 2.00 bits per heavy atom. The summed E-state index contributed by atoms with van der Waals surface area (Å²) < 4.78 is 1.86. The predicted octanol–water partition coefficient (Wildman–Crippen LogP) is 4.18. The van der Waals surface area contributed by atoms with Gasteiger partial charge in [-0.3, -0.25) is 5.01 Å². The van der Waals surface area contributed by atoms with Gasteiger partial charge in [-0.15, -0.1) is 0 Å². The Balaban J connectivity index is 3.24. The highest BCUT2D eigenvalue weighted by molar-refractivity contribution is 5.64. The minimum atomic E-state index is 0.180. The van der Waals surface area contributed by atoms with E-state index in [1.54, 1.807) is 5.01 Å². The van der Waals surface area contributed by atoms with Crippen LogP contribution in [0, 0.1) is 0 Å². The van der Waals surface area contributed by atoms with Crippen molar-refractivity contribution in [3.63, 3.8) is 0 Å². The van der Waals surface area contributed by atoms with Crippen LogP contribution in [0.4, 0.5) is 0 Å². The van der Waals surface area contributed by atoms with Gasteiger partial charge in [0.05, 0.1) is 11.4 Å². The topological polar surface area (TPSA) is 33.4 Å². The summed E-state index contributed by atoms with van der Waals surface area (Å²) in [7, 11) is 0. The fourth-order valence-electron chi connectivity index (χ4n) is 2.09. The maximum Gasteiger partial charge on any atom is 0.110 e. The van der Waals surface area contributed by atoms with E-state index in [2.05, 4.69) is 43.6 Å². The molecule has 0 saturated heterocycles. The average molecular weight is 286 g/mol. The van der Waals surface area contributed by atoms with E-state index in [1.807, 2.05) is 31.5 Å².